The molecule has 122 valence electrons. The molecule has 1 aliphatic rings. The Morgan fingerprint density at radius 3 is 2.67 bits per heavy atom. The molecule has 2 aromatic carbocycles. The molecule has 5 nitrogen and oxygen atoms in total. The molecule has 1 aliphatic heterocycles. The smallest absolute Gasteiger partial charge is 0.275 e. The van der Waals surface area contributed by atoms with Crippen LogP contribution in [0.4, 0.5) is 4.39 Å². The lowest BCUT2D eigenvalue weighted by molar-refractivity contribution is -0.115. The first kappa shape index (κ1) is 15.7. The number of nitrogens with zero attached hydrogens (tertiary/aromatic N) is 1. The molecule has 0 saturated heterocycles. The van der Waals surface area contributed by atoms with Gasteiger partial charge in [-0.25, -0.2) is 9.38 Å². The molecule has 0 aliphatic carbocycles. The third-order valence-corrected chi connectivity index (χ3v) is 3.52. The van der Waals surface area contributed by atoms with Crippen molar-refractivity contribution in [3.8, 4) is 11.5 Å². The van der Waals surface area contributed by atoms with Gasteiger partial charge >= 0.3 is 0 Å². The van der Waals surface area contributed by atoms with Crippen molar-refractivity contribution >= 4 is 17.8 Å². The minimum atomic E-state index is -0.392. The predicted molar refractivity (Wildman–Crippen MR) is 88.6 cm³/mol. The number of hydrogen-bond acceptors (Lipinski definition) is 4. The Labute approximate surface area is 138 Å². The second-order valence-electron chi connectivity index (χ2n) is 5.06. The molecule has 3 rings (SSSR count). The molecule has 0 saturated carbocycles. The van der Waals surface area contributed by atoms with Gasteiger partial charge in [0.05, 0.1) is 14.2 Å². The maximum absolute atomic E-state index is 13.3. The average molecular weight is 326 g/mol. The third-order valence-electron chi connectivity index (χ3n) is 3.52. The van der Waals surface area contributed by atoms with Gasteiger partial charge in [-0.3, -0.25) is 4.79 Å². The minimum absolute atomic E-state index is 0.209. The van der Waals surface area contributed by atoms with Crippen LogP contribution in [-0.2, 0) is 4.79 Å². The number of amidine groups is 1. The third kappa shape index (κ3) is 3.12. The van der Waals surface area contributed by atoms with Gasteiger partial charge in [0.15, 0.2) is 0 Å². The summed E-state index contributed by atoms with van der Waals surface area (Å²) in [6, 6.07) is 11.1. The van der Waals surface area contributed by atoms with Crippen LogP contribution < -0.4 is 14.8 Å². The van der Waals surface area contributed by atoms with Crippen molar-refractivity contribution in [1.82, 2.24) is 5.32 Å². The second-order valence-corrected chi connectivity index (χ2v) is 5.06. The van der Waals surface area contributed by atoms with E-state index in [2.05, 4.69) is 10.3 Å². The van der Waals surface area contributed by atoms with Gasteiger partial charge in [0.25, 0.3) is 5.91 Å². The van der Waals surface area contributed by atoms with Crippen LogP contribution in [0, 0.1) is 5.82 Å². The van der Waals surface area contributed by atoms with E-state index >= 15 is 0 Å². The molecule has 2 aromatic rings. The maximum Gasteiger partial charge on any atom is 0.275 e. The highest BCUT2D eigenvalue weighted by atomic mass is 19.1. The Morgan fingerprint density at radius 2 is 1.96 bits per heavy atom. The largest absolute Gasteiger partial charge is 0.497 e. The van der Waals surface area contributed by atoms with E-state index in [4.69, 9.17) is 9.47 Å². The number of ether oxygens (including phenoxy) is 2. The fourth-order valence-electron chi connectivity index (χ4n) is 2.34. The number of carbonyl (C=O) groups is 1. The Balaban J connectivity index is 2.00. The Hall–Kier alpha value is -3.15. The van der Waals surface area contributed by atoms with Crippen LogP contribution in [0.3, 0.4) is 0 Å². The molecule has 1 amide bonds. The minimum Gasteiger partial charge on any atom is -0.497 e. The zero-order valence-electron chi connectivity index (χ0n) is 13.2. The number of hydrogen-bond donors (Lipinski definition) is 1. The number of rotatable bonds is 4. The van der Waals surface area contributed by atoms with Crippen LogP contribution in [0.15, 0.2) is 53.2 Å². The van der Waals surface area contributed by atoms with E-state index in [0.717, 1.165) is 0 Å². The van der Waals surface area contributed by atoms with Crippen molar-refractivity contribution < 1.29 is 18.7 Å². The number of methoxy groups -OCH3 is 2. The molecule has 6 heteroatoms. The molecule has 0 atom stereocenters. The fraction of sp³-hybridized carbons (Fsp3) is 0.111. The summed E-state index contributed by atoms with van der Waals surface area (Å²) in [5.41, 5.74) is 1.37. The van der Waals surface area contributed by atoms with Gasteiger partial charge in [-0.15, -0.1) is 0 Å². The van der Waals surface area contributed by atoms with Crippen molar-refractivity contribution in [2.24, 2.45) is 4.99 Å². The fourth-order valence-corrected chi connectivity index (χ4v) is 2.34. The first-order valence-electron chi connectivity index (χ1n) is 7.20. The topological polar surface area (TPSA) is 59.9 Å². The second kappa shape index (κ2) is 6.54. The van der Waals surface area contributed by atoms with Crippen LogP contribution in [0.25, 0.3) is 6.08 Å². The van der Waals surface area contributed by atoms with Crippen molar-refractivity contribution in [2.75, 3.05) is 14.2 Å². The number of halogens is 1. The zero-order valence-corrected chi connectivity index (χ0v) is 13.2. The number of aliphatic imine (C=N–C) groups is 1. The number of benzene rings is 2. The van der Waals surface area contributed by atoms with Crippen molar-refractivity contribution in [3.05, 3.63) is 65.1 Å². The molecule has 0 spiro atoms. The molecule has 24 heavy (non-hydrogen) atoms. The van der Waals surface area contributed by atoms with E-state index in [0.29, 0.717) is 28.5 Å². The normalized spacial score (nSPS) is 15.2. The Morgan fingerprint density at radius 1 is 1.12 bits per heavy atom. The number of nitrogens with one attached hydrogen (secondary N) is 1. The SMILES string of the molecule is COc1ccc(OC)c(/C=C2/N=C(c3cccc(F)c3)NC2=O)c1. The summed E-state index contributed by atoms with van der Waals surface area (Å²) >= 11 is 0. The summed E-state index contributed by atoms with van der Waals surface area (Å²) in [4.78, 5) is 16.4. The molecule has 0 fully saturated rings. The van der Waals surface area contributed by atoms with E-state index in [1.54, 1.807) is 50.6 Å². The zero-order chi connectivity index (χ0) is 17.1. The summed E-state index contributed by atoms with van der Waals surface area (Å²) in [6.07, 6.45) is 1.60. The molecule has 0 bridgehead atoms. The van der Waals surface area contributed by atoms with E-state index in [9.17, 15) is 9.18 Å². The summed E-state index contributed by atoms with van der Waals surface area (Å²) in [5.74, 6) is 0.781. The molecule has 0 radical (unpaired) electrons. The van der Waals surface area contributed by atoms with Gasteiger partial charge in [-0.05, 0) is 36.4 Å². The van der Waals surface area contributed by atoms with Crippen molar-refractivity contribution in [3.63, 3.8) is 0 Å². The lowest BCUT2D eigenvalue weighted by Gasteiger charge is -2.07. The van der Waals surface area contributed by atoms with Crippen LogP contribution in [0.2, 0.25) is 0 Å². The van der Waals surface area contributed by atoms with Gasteiger partial charge in [0, 0.05) is 11.1 Å². The summed E-state index contributed by atoms with van der Waals surface area (Å²) < 4.78 is 23.8. The number of amides is 1. The molecular formula is C18H15FN2O3. The first-order chi connectivity index (χ1) is 11.6. The summed E-state index contributed by atoms with van der Waals surface area (Å²) in [6.45, 7) is 0. The molecule has 0 unspecified atom stereocenters. The van der Waals surface area contributed by atoms with E-state index < -0.39 is 5.82 Å². The van der Waals surface area contributed by atoms with Gasteiger partial charge in [-0.1, -0.05) is 12.1 Å². The molecule has 1 N–H and O–H groups in total. The highest BCUT2D eigenvalue weighted by Gasteiger charge is 2.22. The van der Waals surface area contributed by atoms with Crippen LogP contribution in [0.5, 0.6) is 11.5 Å². The lowest BCUT2D eigenvalue weighted by atomic mass is 10.1. The Bertz CT molecular complexity index is 859. The van der Waals surface area contributed by atoms with E-state index in [-0.39, 0.29) is 11.6 Å². The van der Waals surface area contributed by atoms with E-state index in [1.165, 1.54) is 12.1 Å². The standard InChI is InChI=1S/C18H15FN2O3/c1-23-14-6-7-16(24-2)12(9-14)10-15-18(22)21-17(20-15)11-4-3-5-13(19)8-11/h3-10H,1-2H3,(H,20,21,22)/b15-10+. The Kier molecular flexibility index (Phi) is 4.29. The van der Waals surface area contributed by atoms with Crippen LogP contribution in [0.1, 0.15) is 11.1 Å². The maximum atomic E-state index is 13.3. The van der Waals surface area contributed by atoms with Crippen molar-refractivity contribution in [1.29, 1.82) is 0 Å². The highest BCUT2D eigenvalue weighted by molar-refractivity contribution is 6.19. The predicted octanol–water partition coefficient (Wildman–Crippen LogP) is 2.76. The highest BCUT2D eigenvalue weighted by Crippen LogP contribution is 2.27. The first-order valence-corrected chi connectivity index (χ1v) is 7.20. The van der Waals surface area contributed by atoms with E-state index in [1.807, 2.05) is 0 Å². The van der Waals surface area contributed by atoms with Gasteiger partial charge in [0.1, 0.15) is 28.8 Å². The number of carbonyl (C=O) groups excluding carboxylic acids is 1. The van der Waals surface area contributed by atoms with Gasteiger partial charge < -0.3 is 14.8 Å². The monoisotopic (exact) mass is 326 g/mol. The molecule has 0 aromatic heterocycles. The lowest BCUT2D eigenvalue weighted by Crippen LogP contribution is -2.24. The molecule has 1 heterocycles. The molecular weight excluding hydrogens is 311 g/mol. The van der Waals surface area contributed by atoms with Crippen molar-refractivity contribution in [2.45, 2.75) is 0 Å². The summed E-state index contributed by atoms with van der Waals surface area (Å²) in [5, 5.41) is 2.64. The van der Waals surface area contributed by atoms with Crippen LogP contribution in [-0.4, -0.2) is 26.0 Å². The van der Waals surface area contributed by atoms with Crippen LogP contribution >= 0.6 is 0 Å². The van der Waals surface area contributed by atoms with Gasteiger partial charge in [0.2, 0.25) is 0 Å². The quantitative estimate of drug-likeness (QED) is 0.879. The van der Waals surface area contributed by atoms with Gasteiger partial charge in [-0.2, -0.15) is 0 Å². The summed E-state index contributed by atoms with van der Waals surface area (Å²) in [7, 11) is 3.10. The average Bonchev–Trinajstić information content (AvgIpc) is 2.95.